The monoisotopic (exact) mass is 288 g/mol. The fraction of sp³-hybridized carbons (Fsp3) is 0.684. The normalized spacial score (nSPS) is 21.4. The summed E-state index contributed by atoms with van der Waals surface area (Å²) in [6, 6.07) is 7.99. The highest BCUT2D eigenvalue weighted by Gasteiger charge is 2.17. The highest BCUT2D eigenvalue weighted by atomic mass is 15.2. The number of hydrogen-bond donors (Lipinski definition) is 1. The van der Waals surface area contributed by atoms with Crippen LogP contribution < -0.4 is 5.32 Å². The van der Waals surface area contributed by atoms with Crippen LogP contribution in [-0.4, -0.2) is 30.6 Å². The van der Waals surface area contributed by atoms with Gasteiger partial charge in [0.1, 0.15) is 0 Å². The third-order valence-electron chi connectivity index (χ3n) is 4.91. The van der Waals surface area contributed by atoms with E-state index in [4.69, 9.17) is 0 Å². The van der Waals surface area contributed by atoms with E-state index in [1.165, 1.54) is 55.5 Å². The van der Waals surface area contributed by atoms with Gasteiger partial charge in [0.05, 0.1) is 0 Å². The van der Waals surface area contributed by atoms with Crippen molar-refractivity contribution in [3.63, 3.8) is 0 Å². The molecule has 1 N–H and O–H groups in total. The second-order valence-electron chi connectivity index (χ2n) is 6.77. The average Bonchev–Trinajstić information content (AvgIpc) is 2.47. The van der Waals surface area contributed by atoms with Crippen LogP contribution in [0.2, 0.25) is 0 Å². The maximum atomic E-state index is 3.69. The molecule has 2 unspecified atom stereocenters. The van der Waals surface area contributed by atoms with Crippen molar-refractivity contribution in [1.82, 2.24) is 10.2 Å². The van der Waals surface area contributed by atoms with Crippen molar-refractivity contribution in [3.05, 3.63) is 34.9 Å². The van der Waals surface area contributed by atoms with Crippen molar-refractivity contribution in [3.8, 4) is 0 Å². The van der Waals surface area contributed by atoms with Crippen LogP contribution in [0.3, 0.4) is 0 Å². The van der Waals surface area contributed by atoms with Crippen LogP contribution in [-0.2, 0) is 0 Å². The number of piperidine rings is 1. The van der Waals surface area contributed by atoms with E-state index in [1.54, 1.807) is 0 Å². The van der Waals surface area contributed by atoms with Crippen LogP contribution in [0.4, 0.5) is 0 Å². The number of nitrogens with zero attached hydrogens (tertiary/aromatic N) is 1. The van der Waals surface area contributed by atoms with E-state index in [2.05, 4.69) is 56.1 Å². The van der Waals surface area contributed by atoms with Gasteiger partial charge in [-0.25, -0.2) is 0 Å². The molecule has 2 heteroatoms. The average molecular weight is 288 g/mol. The molecule has 0 spiro atoms. The number of hydrogen-bond acceptors (Lipinski definition) is 2. The molecule has 1 aromatic carbocycles. The number of aryl methyl sites for hydroxylation is 2. The fourth-order valence-corrected chi connectivity index (χ4v) is 3.43. The molecule has 0 saturated carbocycles. The zero-order chi connectivity index (χ0) is 15.2. The molecule has 1 fully saturated rings. The van der Waals surface area contributed by atoms with Crippen molar-refractivity contribution in [2.75, 3.05) is 19.6 Å². The summed E-state index contributed by atoms with van der Waals surface area (Å²) < 4.78 is 0. The molecule has 0 aromatic heterocycles. The van der Waals surface area contributed by atoms with Gasteiger partial charge in [-0.1, -0.05) is 30.2 Å². The first-order chi connectivity index (χ1) is 10.1. The molecule has 1 saturated heterocycles. The van der Waals surface area contributed by atoms with Gasteiger partial charge in [0.15, 0.2) is 0 Å². The van der Waals surface area contributed by atoms with E-state index in [-0.39, 0.29) is 0 Å². The highest BCUT2D eigenvalue weighted by Crippen LogP contribution is 2.19. The highest BCUT2D eigenvalue weighted by molar-refractivity contribution is 5.32. The quantitative estimate of drug-likeness (QED) is 0.789. The first-order valence-corrected chi connectivity index (χ1v) is 8.62. The molecule has 2 nitrogen and oxygen atoms in total. The van der Waals surface area contributed by atoms with Crippen molar-refractivity contribution in [2.24, 2.45) is 0 Å². The minimum Gasteiger partial charge on any atom is -0.310 e. The Bertz CT molecular complexity index is 441. The largest absolute Gasteiger partial charge is 0.310 e. The Balaban J connectivity index is 1.74. The van der Waals surface area contributed by atoms with Crippen LogP contribution in [0.15, 0.2) is 18.2 Å². The molecule has 2 atom stereocenters. The molecule has 2 rings (SSSR count). The van der Waals surface area contributed by atoms with Gasteiger partial charge >= 0.3 is 0 Å². The summed E-state index contributed by atoms with van der Waals surface area (Å²) in [5, 5.41) is 3.69. The Kier molecular flexibility index (Phi) is 6.25. The standard InChI is InChI=1S/C19H32N2/c1-15-9-10-16(2)19(14-15)18(4)20-11-7-13-21-12-6-5-8-17(21)3/h9-10,14,17-18,20H,5-8,11-13H2,1-4H3. The minimum atomic E-state index is 0.448. The Hall–Kier alpha value is -0.860. The van der Waals surface area contributed by atoms with Crippen LogP contribution in [0.5, 0.6) is 0 Å². The Labute approximate surface area is 130 Å². The second kappa shape index (κ2) is 7.95. The number of benzene rings is 1. The van der Waals surface area contributed by atoms with Crippen molar-refractivity contribution in [2.45, 2.75) is 65.5 Å². The molecular formula is C19H32N2. The van der Waals surface area contributed by atoms with Crippen molar-refractivity contribution < 1.29 is 0 Å². The first-order valence-electron chi connectivity index (χ1n) is 8.62. The maximum Gasteiger partial charge on any atom is 0.0294 e. The van der Waals surface area contributed by atoms with E-state index < -0.39 is 0 Å². The van der Waals surface area contributed by atoms with Crippen molar-refractivity contribution in [1.29, 1.82) is 0 Å². The minimum absolute atomic E-state index is 0.448. The van der Waals surface area contributed by atoms with Gasteiger partial charge in [-0.15, -0.1) is 0 Å². The lowest BCUT2D eigenvalue weighted by Crippen LogP contribution is -2.39. The smallest absolute Gasteiger partial charge is 0.0294 e. The summed E-state index contributed by atoms with van der Waals surface area (Å²) in [6.45, 7) is 12.7. The van der Waals surface area contributed by atoms with Gasteiger partial charge in [0, 0.05) is 12.1 Å². The molecule has 21 heavy (non-hydrogen) atoms. The van der Waals surface area contributed by atoms with E-state index in [0.717, 1.165) is 12.6 Å². The Morgan fingerprint density at radius 2 is 2.10 bits per heavy atom. The zero-order valence-electron chi connectivity index (χ0n) is 14.3. The van der Waals surface area contributed by atoms with Crippen LogP contribution in [0.1, 0.15) is 62.3 Å². The van der Waals surface area contributed by atoms with Gasteiger partial charge in [-0.3, -0.25) is 0 Å². The molecule has 0 aliphatic carbocycles. The molecule has 1 aromatic rings. The summed E-state index contributed by atoms with van der Waals surface area (Å²) in [6.07, 6.45) is 5.43. The molecular weight excluding hydrogens is 256 g/mol. The van der Waals surface area contributed by atoms with Gasteiger partial charge in [0.2, 0.25) is 0 Å². The van der Waals surface area contributed by atoms with E-state index >= 15 is 0 Å². The molecule has 0 bridgehead atoms. The molecule has 118 valence electrons. The van der Waals surface area contributed by atoms with Gasteiger partial charge in [-0.05, 0) is 77.7 Å². The predicted octanol–water partition coefficient (Wildman–Crippen LogP) is 4.22. The van der Waals surface area contributed by atoms with E-state index in [1.807, 2.05) is 0 Å². The second-order valence-corrected chi connectivity index (χ2v) is 6.77. The maximum absolute atomic E-state index is 3.69. The van der Waals surface area contributed by atoms with Gasteiger partial charge < -0.3 is 10.2 Å². The summed E-state index contributed by atoms with van der Waals surface area (Å²) in [7, 11) is 0. The molecule has 1 aliphatic heterocycles. The topological polar surface area (TPSA) is 15.3 Å². The lowest BCUT2D eigenvalue weighted by molar-refractivity contribution is 0.158. The van der Waals surface area contributed by atoms with Crippen LogP contribution in [0.25, 0.3) is 0 Å². The van der Waals surface area contributed by atoms with Crippen LogP contribution in [0, 0.1) is 13.8 Å². The lowest BCUT2D eigenvalue weighted by Gasteiger charge is -2.33. The summed E-state index contributed by atoms with van der Waals surface area (Å²) in [5.74, 6) is 0. The van der Waals surface area contributed by atoms with E-state index in [9.17, 15) is 0 Å². The molecule has 1 aliphatic rings. The number of nitrogens with one attached hydrogen (secondary N) is 1. The number of rotatable bonds is 6. The number of likely N-dealkylation sites (tertiary alicyclic amines) is 1. The Morgan fingerprint density at radius 1 is 1.29 bits per heavy atom. The van der Waals surface area contributed by atoms with Gasteiger partial charge in [0.25, 0.3) is 0 Å². The zero-order valence-corrected chi connectivity index (χ0v) is 14.3. The lowest BCUT2D eigenvalue weighted by atomic mass is 10.00. The van der Waals surface area contributed by atoms with Crippen molar-refractivity contribution >= 4 is 0 Å². The fourth-order valence-electron chi connectivity index (χ4n) is 3.43. The molecule has 0 amide bonds. The third kappa shape index (κ3) is 4.82. The predicted molar refractivity (Wildman–Crippen MR) is 91.8 cm³/mol. The summed E-state index contributed by atoms with van der Waals surface area (Å²) in [4.78, 5) is 2.66. The molecule has 0 radical (unpaired) electrons. The van der Waals surface area contributed by atoms with Gasteiger partial charge in [-0.2, -0.15) is 0 Å². The first kappa shape index (κ1) is 16.5. The van der Waals surface area contributed by atoms with Crippen LogP contribution >= 0.6 is 0 Å². The Morgan fingerprint density at radius 3 is 2.86 bits per heavy atom. The van der Waals surface area contributed by atoms with E-state index in [0.29, 0.717) is 6.04 Å². The third-order valence-corrected chi connectivity index (χ3v) is 4.91. The SMILES string of the molecule is Cc1ccc(C)c(C(C)NCCCN2CCCCC2C)c1. The summed E-state index contributed by atoms with van der Waals surface area (Å²) >= 11 is 0. The summed E-state index contributed by atoms with van der Waals surface area (Å²) in [5.41, 5.74) is 4.19. The molecule has 1 heterocycles.